The molecule has 3 aromatic rings. The van der Waals surface area contributed by atoms with Gasteiger partial charge < -0.3 is 36.9 Å². The Balaban J connectivity index is 1.74. The Hall–Kier alpha value is -4.71. The van der Waals surface area contributed by atoms with Gasteiger partial charge in [0.2, 0.25) is 17.7 Å². The van der Waals surface area contributed by atoms with Gasteiger partial charge >= 0.3 is 11.9 Å². The molecular formula is C31H39N5O7. The quantitative estimate of drug-likeness (QED) is 0.130. The highest BCUT2D eigenvalue weighted by molar-refractivity contribution is 5.94. The van der Waals surface area contributed by atoms with Gasteiger partial charge in [0.15, 0.2) is 0 Å². The zero-order valence-electron chi connectivity index (χ0n) is 24.2. The Labute approximate surface area is 249 Å². The molecule has 5 atom stereocenters. The maximum Gasteiger partial charge on any atom is 0.326 e. The summed E-state index contributed by atoms with van der Waals surface area (Å²) in [5.41, 5.74) is 8.43. The molecule has 0 aliphatic rings. The molecule has 5 unspecified atom stereocenters. The van der Waals surface area contributed by atoms with Gasteiger partial charge in [-0.1, -0.05) is 68.8 Å². The van der Waals surface area contributed by atoms with Crippen LogP contribution in [0.5, 0.6) is 0 Å². The van der Waals surface area contributed by atoms with Crippen molar-refractivity contribution in [2.75, 3.05) is 0 Å². The number of nitrogens with two attached hydrogens (primary N) is 1. The summed E-state index contributed by atoms with van der Waals surface area (Å²) in [5.74, 6) is -4.95. The molecule has 3 amide bonds. The number of carbonyl (C=O) groups is 5. The predicted molar refractivity (Wildman–Crippen MR) is 160 cm³/mol. The minimum atomic E-state index is -1.37. The Morgan fingerprint density at radius 1 is 0.837 bits per heavy atom. The van der Waals surface area contributed by atoms with Crippen molar-refractivity contribution in [2.45, 2.75) is 70.1 Å². The number of carbonyl (C=O) groups excluding carboxylic acids is 3. The summed E-state index contributed by atoms with van der Waals surface area (Å²) >= 11 is 0. The van der Waals surface area contributed by atoms with Gasteiger partial charge in [0.05, 0.1) is 6.04 Å². The molecule has 1 aromatic heterocycles. The first-order valence-electron chi connectivity index (χ1n) is 14.2. The van der Waals surface area contributed by atoms with Crippen LogP contribution in [0.15, 0.2) is 60.8 Å². The molecule has 230 valence electrons. The van der Waals surface area contributed by atoms with E-state index < -0.39 is 60.2 Å². The summed E-state index contributed by atoms with van der Waals surface area (Å²) < 4.78 is 0. The fourth-order valence-electron chi connectivity index (χ4n) is 4.71. The average Bonchev–Trinajstić information content (AvgIpc) is 3.39. The molecule has 0 saturated carbocycles. The van der Waals surface area contributed by atoms with Gasteiger partial charge in [-0.2, -0.15) is 0 Å². The van der Waals surface area contributed by atoms with Crippen LogP contribution in [0.2, 0.25) is 0 Å². The van der Waals surface area contributed by atoms with Crippen LogP contribution >= 0.6 is 0 Å². The van der Waals surface area contributed by atoms with Crippen molar-refractivity contribution < 1.29 is 34.2 Å². The van der Waals surface area contributed by atoms with Gasteiger partial charge in [0.1, 0.15) is 18.1 Å². The number of fused-ring (bicyclic) bond motifs is 1. The number of aromatic amines is 1. The van der Waals surface area contributed by atoms with Crippen LogP contribution < -0.4 is 21.7 Å². The van der Waals surface area contributed by atoms with E-state index >= 15 is 0 Å². The van der Waals surface area contributed by atoms with E-state index in [4.69, 9.17) is 5.73 Å². The first kappa shape index (κ1) is 32.8. The lowest BCUT2D eigenvalue weighted by atomic mass is 9.96. The lowest BCUT2D eigenvalue weighted by Gasteiger charge is -2.28. The van der Waals surface area contributed by atoms with Gasteiger partial charge in [0.25, 0.3) is 0 Å². The second-order valence-corrected chi connectivity index (χ2v) is 10.6. The number of nitrogens with one attached hydrogen (secondary N) is 4. The van der Waals surface area contributed by atoms with E-state index in [0.29, 0.717) is 12.0 Å². The van der Waals surface area contributed by atoms with Crippen molar-refractivity contribution in [1.82, 2.24) is 20.9 Å². The molecule has 1 heterocycles. The fourth-order valence-corrected chi connectivity index (χ4v) is 4.71. The van der Waals surface area contributed by atoms with Gasteiger partial charge in [0, 0.05) is 29.9 Å². The lowest BCUT2D eigenvalue weighted by Crippen LogP contribution is -2.59. The standard InChI is InChI=1S/C31H39N5O7/c1-3-18(2)27(36-28(39)22(32)15-19-9-5-4-6-10-19)30(41)34-24(13-14-26(37)38)29(40)35-25(31(42)43)16-20-17-33-23-12-8-7-11-21(20)23/h4-12,17-18,22,24-25,27,33H,3,13-16,32H2,1-2H3,(H,34,41)(H,35,40)(H,36,39)(H,37,38)(H,42,43). The highest BCUT2D eigenvalue weighted by atomic mass is 16.4. The Morgan fingerprint density at radius 2 is 1.49 bits per heavy atom. The largest absolute Gasteiger partial charge is 0.481 e. The number of rotatable bonds is 16. The van der Waals surface area contributed by atoms with Crippen LogP contribution in [0.3, 0.4) is 0 Å². The molecule has 0 aliphatic carbocycles. The topological polar surface area (TPSA) is 204 Å². The third kappa shape index (κ3) is 9.40. The number of para-hydroxylation sites is 1. The number of carboxylic acids is 2. The van der Waals surface area contributed by atoms with E-state index in [-0.39, 0.29) is 25.2 Å². The average molecular weight is 594 g/mol. The molecule has 0 saturated heterocycles. The van der Waals surface area contributed by atoms with Crippen molar-refractivity contribution >= 4 is 40.6 Å². The monoisotopic (exact) mass is 593 g/mol. The number of benzene rings is 2. The van der Waals surface area contributed by atoms with Crippen molar-refractivity contribution in [3.63, 3.8) is 0 Å². The summed E-state index contributed by atoms with van der Waals surface area (Å²) in [6.07, 6.45) is 1.62. The molecule has 8 N–H and O–H groups in total. The van der Waals surface area contributed by atoms with Crippen LogP contribution in [0.4, 0.5) is 0 Å². The SMILES string of the molecule is CCC(C)C(NC(=O)C(N)Cc1ccccc1)C(=O)NC(CCC(=O)O)C(=O)NC(Cc1c[nH]c2ccccc12)C(=O)O. The maximum absolute atomic E-state index is 13.4. The highest BCUT2D eigenvalue weighted by Crippen LogP contribution is 2.19. The van der Waals surface area contributed by atoms with E-state index in [1.54, 1.807) is 13.1 Å². The van der Waals surface area contributed by atoms with Crippen LogP contribution in [-0.4, -0.2) is 69.0 Å². The summed E-state index contributed by atoms with van der Waals surface area (Å²) in [7, 11) is 0. The number of hydrogen-bond donors (Lipinski definition) is 7. The van der Waals surface area contributed by atoms with Crippen molar-refractivity contribution in [3.05, 3.63) is 71.9 Å². The van der Waals surface area contributed by atoms with Crippen molar-refractivity contribution in [3.8, 4) is 0 Å². The van der Waals surface area contributed by atoms with Gasteiger partial charge in [-0.05, 0) is 36.0 Å². The summed E-state index contributed by atoms with van der Waals surface area (Å²) in [5, 5.41) is 27.6. The van der Waals surface area contributed by atoms with Gasteiger partial charge in [-0.3, -0.25) is 19.2 Å². The van der Waals surface area contributed by atoms with Crippen molar-refractivity contribution in [2.24, 2.45) is 11.7 Å². The zero-order chi connectivity index (χ0) is 31.5. The third-order valence-electron chi connectivity index (χ3n) is 7.42. The van der Waals surface area contributed by atoms with Crippen LogP contribution in [-0.2, 0) is 36.8 Å². The Bertz CT molecular complexity index is 1420. The Kier molecular flexibility index (Phi) is 11.8. The smallest absolute Gasteiger partial charge is 0.326 e. The molecule has 2 aromatic carbocycles. The maximum atomic E-state index is 13.4. The Morgan fingerprint density at radius 3 is 2.14 bits per heavy atom. The second-order valence-electron chi connectivity index (χ2n) is 10.6. The van der Waals surface area contributed by atoms with Gasteiger partial charge in [-0.15, -0.1) is 0 Å². The predicted octanol–water partition coefficient (Wildman–Crippen LogP) is 1.73. The number of carboxylic acid groups (broad SMARTS) is 2. The summed E-state index contributed by atoms with van der Waals surface area (Å²) in [6, 6.07) is 11.8. The first-order valence-corrected chi connectivity index (χ1v) is 14.2. The van der Waals surface area contributed by atoms with Gasteiger partial charge in [-0.25, -0.2) is 4.79 Å². The van der Waals surface area contributed by atoms with E-state index in [1.165, 1.54) is 0 Å². The summed E-state index contributed by atoms with van der Waals surface area (Å²) in [6.45, 7) is 3.58. The van der Waals surface area contributed by atoms with E-state index in [9.17, 15) is 34.2 Å². The number of H-pyrrole nitrogens is 1. The molecule has 3 rings (SSSR count). The minimum Gasteiger partial charge on any atom is -0.481 e. The molecule has 43 heavy (non-hydrogen) atoms. The fraction of sp³-hybridized carbons (Fsp3) is 0.387. The van der Waals surface area contributed by atoms with E-state index in [2.05, 4.69) is 20.9 Å². The molecule has 0 radical (unpaired) electrons. The zero-order valence-corrected chi connectivity index (χ0v) is 24.2. The number of amides is 3. The number of hydrogen-bond acceptors (Lipinski definition) is 6. The van der Waals surface area contributed by atoms with E-state index in [0.717, 1.165) is 16.5 Å². The second kappa shape index (κ2) is 15.5. The molecule has 0 aliphatic heterocycles. The molecule has 12 nitrogen and oxygen atoms in total. The highest BCUT2D eigenvalue weighted by Gasteiger charge is 2.33. The van der Waals surface area contributed by atoms with Crippen LogP contribution in [0, 0.1) is 5.92 Å². The summed E-state index contributed by atoms with van der Waals surface area (Å²) in [4.78, 5) is 66.1. The number of aliphatic carboxylic acids is 2. The minimum absolute atomic E-state index is 0.0461. The molecule has 12 heteroatoms. The number of aromatic nitrogens is 1. The molecule has 0 fully saturated rings. The molecular weight excluding hydrogens is 554 g/mol. The third-order valence-corrected chi connectivity index (χ3v) is 7.42. The molecule has 0 bridgehead atoms. The van der Waals surface area contributed by atoms with Crippen LogP contribution in [0.25, 0.3) is 10.9 Å². The first-order chi connectivity index (χ1) is 20.5. The van der Waals surface area contributed by atoms with Crippen molar-refractivity contribution in [1.29, 1.82) is 0 Å². The van der Waals surface area contributed by atoms with E-state index in [1.807, 2.05) is 61.5 Å². The lowest BCUT2D eigenvalue weighted by molar-refractivity contribution is -0.143. The molecule has 0 spiro atoms. The normalized spacial score (nSPS) is 14.6. The van der Waals surface area contributed by atoms with Crippen LogP contribution in [0.1, 0.15) is 44.2 Å².